The molecule has 0 aliphatic rings. The van der Waals surface area contributed by atoms with Crippen LogP contribution in [0.5, 0.6) is 0 Å². The van der Waals surface area contributed by atoms with Crippen molar-refractivity contribution in [2.75, 3.05) is 33.5 Å². The smallest absolute Gasteiger partial charge is 0.341 e. The van der Waals surface area contributed by atoms with E-state index >= 15 is 0 Å². The van der Waals surface area contributed by atoms with Crippen molar-refractivity contribution in [3.8, 4) is 0 Å². The third-order valence-electron chi connectivity index (χ3n) is 3.01. The minimum Gasteiger partial charge on any atom is -0.512 e. The highest BCUT2D eigenvalue weighted by molar-refractivity contribution is 5.91. The molecule has 0 aliphatic heterocycles. The molecule has 5 nitrogen and oxygen atoms in total. The average molecular weight is 314 g/mol. The van der Waals surface area contributed by atoms with Crippen LogP contribution in [0, 0.1) is 0 Å². The summed E-state index contributed by atoms with van der Waals surface area (Å²) in [6.45, 7) is 5.09. The van der Waals surface area contributed by atoms with Crippen LogP contribution in [0.15, 0.2) is 23.5 Å². The molecule has 22 heavy (non-hydrogen) atoms. The second-order valence-electron chi connectivity index (χ2n) is 4.99. The van der Waals surface area contributed by atoms with E-state index in [1.54, 1.807) is 13.2 Å². The summed E-state index contributed by atoms with van der Waals surface area (Å²) in [5, 5.41) is 9.58. The quantitative estimate of drug-likeness (QED) is 0.185. The largest absolute Gasteiger partial charge is 0.512 e. The topological polar surface area (TPSA) is 65.0 Å². The second-order valence-corrected chi connectivity index (χ2v) is 4.99. The summed E-state index contributed by atoms with van der Waals surface area (Å²) in [6, 6.07) is 0. The molecule has 0 radical (unpaired) electrons. The number of carbonyl (C=O) groups excluding carboxylic acids is 1. The molecule has 0 amide bonds. The van der Waals surface area contributed by atoms with Gasteiger partial charge in [-0.1, -0.05) is 32.3 Å². The number of methoxy groups -OCH3 is 1. The van der Waals surface area contributed by atoms with Crippen molar-refractivity contribution in [1.29, 1.82) is 0 Å². The summed E-state index contributed by atoms with van der Waals surface area (Å²) >= 11 is 0. The van der Waals surface area contributed by atoms with E-state index < -0.39 is 5.97 Å². The Morgan fingerprint density at radius 1 is 1.09 bits per heavy atom. The summed E-state index contributed by atoms with van der Waals surface area (Å²) < 4.78 is 15.1. The van der Waals surface area contributed by atoms with Gasteiger partial charge < -0.3 is 19.3 Å². The lowest BCUT2D eigenvalue weighted by atomic mass is 10.1. The predicted octanol–water partition coefficient (Wildman–Crippen LogP) is 3.55. The van der Waals surface area contributed by atoms with E-state index in [9.17, 15) is 9.90 Å². The minimum absolute atomic E-state index is 0.0323. The summed E-state index contributed by atoms with van der Waals surface area (Å²) in [4.78, 5) is 11.9. The fourth-order valence-electron chi connectivity index (χ4n) is 1.74. The Balaban J connectivity index is 4.03. The van der Waals surface area contributed by atoms with Gasteiger partial charge in [0.05, 0.1) is 25.4 Å². The number of hydrogen-bond acceptors (Lipinski definition) is 5. The van der Waals surface area contributed by atoms with Gasteiger partial charge in [0, 0.05) is 7.11 Å². The molecule has 5 heteroatoms. The highest BCUT2D eigenvalue weighted by Gasteiger charge is 2.11. The molecule has 0 unspecified atom stereocenters. The van der Waals surface area contributed by atoms with E-state index in [1.165, 1.54) is 26.2 Å². The van der Waals surface area contributed by atoms with Crippen molar-refractivity contribution >= 4 is 5.97 Å². The van der Waals surface area contributed by atoms with Crippen molar-refractivity contribution in [3.63, 3.8) is 0 Å². The Morgan fingerprint density at radius 2 is 1.82 bits per heavy atom. The molecule has 0 spiro atoms. The van der Waals surface area contributed by atoms with Gasteiger partial charge in [-0.3, -0.25) is 0 Å². The molecule has 0 aliphatic carbocycles. The Bertz CT molecular complexity index is 343. The molecular weight excluding hydrogens is 284 g/mol. The molecule has 0 aromatic carbocycles. The van der Waals surface area contributed by atoms with E-state index in [0.29, 0.717) is 19.8 Å². The Kier molecular flexibility index (Phi) is 13.7. The van der Waals surface area contributed by atoms with Gasteiger partial charge in [0.2, 0.25) is 0 Å². The Hall–Kier alpha value is -1.33. The number of ether oxygens (including phenoxy) is 3. The molecule has 0 saturated carbocycles. The lowest BCUT2D eigenvalue weighted by molar-refractivity contribution is -0.140. The maximum atomic E-state index is 11.9. The lowest BCUT2D eigenvalue weighted by Gasteiger charge is -2.07. The van der Waals surface area contributed by atoms with E-state index in [1.807, 2.05) is 6.08 Å². The van der Waals surface area contributed by atoms with E-state index in [2.05, 4.69) is 6.92 Å². The van der Waals surface area contributed by atoms with Crippen molar-refractivity contribution < 1.29 is 24.1 Å². The van der Waals surface area contributed by atoms with Gasteiger partial charge in [-0.2, -0.15) is 0 Å². The first-order valence-electron chi connectivity index (χ1n) is 7.93. The first-order valence-corrected chi connectivity index (χ1v) is 7.93. The molecular formula is C17H30O5. The van der Waals surface area contributed by atoms with Crippen molar-refractivity contribution in [2.45, 2.75) is 46.0 Å². The maximum Gasteiger partial charge on any atom is 0.341 e. The van der Waals surface area contributed by atoms with E-state index in [-0.39, 0.29) is 17.9 Å². The van der Waals surface area contributed by atoms with Crippen LogP contribution < -0.4 is 0 Å². The van der Waals surface area contributed by atoms with Gasteiger partial charge in [-0.05, 0) is 25.8 Å². The molecule has 0 fully saturated rings. The van der Waals surface area contributed by atoms with E-state index in [0.717, 1.165) is 12.8 Å². The molecule has 128 valence electrons. The van der Waals surface area contributed by atoms with Crippen LogP contribution in [0.25, 0.3) is 0 Å². The Labute approximate surface area is 133 Å². The van der Waals surface area contributed by atoms with Gasteiger partial charge in [0.15, 0.2) is 0 Å². The standard InChI is InChI=1S/C17H30O5/c1-4-5-6-7-8-9-10-16(15(2)18)17(19)22-14-13-21-12-11-20-3/h9-10,18H,4-8,11-14H2,1-3H3/b10-9+,16-15-. The summed E-state index contributed by atoms with van der Waals surface area (Å²) in [7, 11) is 1.60. The summed E-state index contributed by atoms with van der Waals surface area (Å²) in [5.74, 6) is -0.560. The molecule has 0 bridgehead atoms. The number of unbranched alkanes of at least 4 members (excludes halogenated alkanes) is 4. The summed E-state index contributed by atoms with van der Waals surface area (Å²) in [6.07, 6.45) is 9.12. The third kappa shape index (κ3) is 11.3. The maximum absolute atomic E-state index is 11.9. The molecule has 0 heterocycles. The normalized spacial score (nSPS) is 12.5. The molecule has 0 atom stereocenters. The summed E-state index contributed by atoms with van der Waals surface area (Å²) in [5.41, 5.74) is 0.201. The Morgan fingerprint density at radius 3 is 2.45 bits per heavy atom. The van der Waals surface area contributed by atoms with Gasteiger partial charge in [-0.25, -0.2) is 4.79 Å². The highest BCUT2D eigenvalue weighted by atomic mass is 16.6. The second kappa shape index (κ2) is 14.6. The number of rotatable bonds is 13. The van der Waals surface area contributed by atoms with Gasteiger partial charge in [-0.15, -0.1) is 0 Å². The number of allylic oxidation sites excluding steroid dienone is 2. The van der Waals surface area contributed by atoms with E-state index in [4.69, 9.17) is 14.2 Å². The van der Waals surface area contributed by atoms with Crippen molar-refractivity contribution in [3.05, 3.63) is 23.5 Å². The third-order valence-corrected chi connectivity index (χ3v) is 3.01. The highest BCUT2D eigenvalue weighted by Crippen LogP contribution is 2.09. The van der Waals surface area contributed by atoms with Crippen LogP contribution in [0.3, 0.4) is 0 Å². The molecule has 0 aromatic rings. The van der Waals surface area contributed by atoms with Crippen LogP contribution in [0.2, 0.25) is 0 Å². The fraction of sp³-hybridized carbons (Fsp3) is 0.706. The average Bonchev–Trinajstić information content (AvgIpc) is 2.49. The number of esters is 1. The van der Waals surface area contributed by atoms with Crippen molar-refractivity contribution in [2.24, 2.45) is 0 Å². The van der Waals surface area contributed by atoms with Crippen LogP contribution in [-0.4, -0.2) is 44.6 Å². The van der Waals surface area contributed by atoms with Crippen LogP contribution in [0.4, 0.5) is 0 Å². The zero-order valence-corrected chi connectivity index (χ0v) is 14.1. The lowest BCUT2D eigenvalue weighted by Crippen LogP contribution is -2.14. The van der Waals surface area contributed by atoms with Crippen LogP contribution >= 0.6 is 0 Å². The molecule has 1 N–H and O–H groups in total. The minimum atomic E-state index is -0.528. The first kappa shape index (κ1) is 20.7. The van der Waals surface area contributed by atoms with Gasteiger partial charge >= 0.3 is 5.97 Å². The number of carbonyl (C=O) groups is 1. The molecule has 0 rings (SSSR count). The van der Waals surface area contributed by atoms with Crippen LogP contribution in [0.1, 0.15) is 46.0 Å². The first-order chi connectivity index (χ1) is 10.6. The number of hydrogen-bond donors (Lipinski definition) is 1. The SMILES string of the molecule is CCCCCC/C=C/C(C(=O)OCCOCCOC)=C(\C)O. The zero-order chi connectivity index (χ0) is 16.6. The predicted molar refractivity (Wildman–Crippen MR) is 86.9 cm³/mol. The van der Waals surface area contributed by atoms with Gasteiger partial charge in [0.1, 0.15) is 12.4 Å². The number of aliphatic hydroxyl groups is 1. The van der Waals surface area contributed by atoms with Crippen LogP contribution in [-0.2, 0) is 19.0 Å². The molecule has 0 aromatic heterocycles. The number of aliphatic hydroxyl groups excluding tert-OH is 1. The van der Waals surface area contributed by atoms with Crippen molar-refractivity contribution in [1.82, 2.24) is 0 Å². The fourth-order valence-corrected chi connectivity index (χ4v) is 1.74. The zero-order valence-electron chi connectivity index (χ0n) is 14.1. The monoisotopic (exact) mass is 314 g/mol. The van der Waals surface area contributed by atoms with Gasteiger partial charge in [0.25, 0.3) is 0 Å². The molecule has 0 saturated heterocycles.